The van der Waals surface area contributed by atoms with Crippen LogP contribution in [0, 0.1) is 11.8 Å². The Morgan fingerprint density at radius 3 is 2.63 bits per heavy atom. The number of aliphatic hydroxyl groups excluding tert-OH is 1. The predicted molar refractivity (Wildman–Crippen MR) is 151 cm³/mol. The summed E-state index contributed by atoms with van der Waals surface area (Å²) in [5.74, 6) is 1.89. The number of amides is 1. The van der Waals surface area contributed by atoms with Crippen molar-refractivity contribution in [2.45, 2.75) is 44.4 Å². The molecular formula is C29H37F2N7O3. The molecule has 0 radical (unpaired) electrons. The number of halogens is 2. The third-order valence-electron chi connectivity index (χ3n) is 8.44. The van der Waals surface area contributed by atoms with E-state index in [-0.39, 0.29) is 29.7 Å². The van der Waals surface area contributed by atoms with Crippen LogP contribution < -0.4 is 10.2 Å². The molecule has 3 aliphatic rings. The molecule has 2 saturated heterocycles. The number of likely N-dealkylation sites (tertiary alicyclic amines) is 1. The number of carbonyl (C=O) groups is 1. The molecule has 2 atom stereocenters. The molecule has 12 heteroatoms. The SMILES string of the molecule is O=C(C1CCC(O)CC1)N1CC[C@H](CNc2cc(-n3c(C(F)CF)nc4ccccc43)nc(N3CCOCC3)n2)C1. The third-order valence-corrected chi connectivity index (χ3v) is 8.44. The number of nitrogens with one attached hydrogen (secondary N) is 1. The molecule has 41 heavy (non-hydrogen) atoms. The van der Waals surface area contributed by atoms with Crippen molar-refractivity contribution in [2.24, 2.45) is 11.8 Å². The van der Waals surface area contributed by atoms with Gasteiger partial charge in [-0.25, -0.2) is 13.8 Å². The zero-order valence-electron chi connectivity index (χ0n) is 23.1. The van der Waals surface area contributed by atoms with Crippen LogP contribution in [0.4, 0.5) is 20.5 Å². The first kappa shape index (κ1) is 27.8. The molecular weight excluding hydrogens is 532 g/mol. The molecule has 2 aliphatic heterocycles. The van der Waals surface area contributed by atoms with E-state index < -0.39 is 12.8 Å². The molecule has 10 nitrogen and oxygen atoms in total. The van der Waals surface area contributed by atoms with Gasteiger partial charge in [0.2, 0.25) is 11.9 Å². The number of para-hydroxylation sites is 2. The van der Waals surface area contributed by atoms with Gasteiger partial charge < -0.3 is 25.0 Å². The molecule has 220 valence electrons. The van der Waals surface area contributed by atoms with Crippen LogP contribution >= 0.6 is 0 Å². The number of morpholine rings is 1. The van der Waals surface area contributed by atoms with Gasteiger partial charge in [0.05, 0.1) is 30.4 Å². The van der Waals surface area contributed by atoms with E-state index in [0.717, 1.165) is 25.8 Å². The Balaban J connectivity index is 1.24. The van der Waals surface area contributed by atoms with Gasteiger partial charge in [-0.3, -0.25) is 9.36 Å². The summed E-state index contributed by atoms with van der Waals surface area (Å²) in [5.41, 5.74) is 1.19. The van der Waals surface area contributed by atoms with E-state index in [9.17, 15) is 18.7 Å². The van der Waals surface area contributed by atoms with Crippen LogP contribution in [0.3, 0.4) is 0 Å². The summed E-state index contributed by atoms with van der Waals surface area (Å²) in [7, 11) is 0. The molecule has 6 rings (SSSR count). The second-order valence-electron chi connectivity index (χ2n) is 11.3. The number of alkyl halides is 2. The van der Waals surface area contributed by atoms with E-state index in [4.69, 9.17) is 14.7 Å². The summed E-state index contributed by atoms with van der Waals surface area (Å²) in [6, 6.07) is 8.98. The number of imidazole rings is 1. The molecule has 3 fully saturated rings. The van der Waals surface area contributed by atoms with Crippen molar-refractivity contribution in [3.8, 4) is 5.82 Å². The lowest BCUT2D eigenvalue weighted by Gasteiger charge is -2.28. The highest BCUT2D eigenvalue weighted by Crippen LogP contribution is 2.30. The van der Waals surface area contributed by atoms with Gasteiger partial charge in [0.15, 0.2) is 12.0 Å². The van der Waals surface area contributed by atoms with Gasteiger partial charge >= 0.3 is 0 Å². The Morgan fingerprint density at radius 2 is 1.85 bits per heavy atom. The van der Waals surface area contributed by atoms with Gasteiger partial charge in [0, 0.05) is 44.7 Å². The van der Waals surface area contributed by atoms with Crippen LogP contribution in [0.25, 0.3) is 16.9 Å². The number of anilines is 2. The molecule has 1 saturated carbocycles. The molecule has 4 heterocycles. The molecule has 2 aromatic heterocycles. The summed E-state index contributed by atoms with van der Waals surface area (Å²) in [4.78, 5) is 31.0. The highest BCUT2D eigenvalue weighted by Gasteiger charge is 2.33. The molecule has 1 amide bonds. The topological polar surface area (TPSA) is 109 Å². The molecule has 1 aliphatic carbocycles. The Hall–Kier alpha value is -3.38. The standard InChI is InChI=1S/C29H37F2N7O3/c30-16-22(31)27-33-23-3-1-2-4-24(23)38(27)26-15-25(34-29(35-26)36-11-13-41-14-12-36)32-17-19-9-10-37(18-19)28(40)20-5-7-21(39)8-6-20/h1-4,15,19-22,39H,5-14,16-18H2,(H,32,34,35)/t19-,20?,21?,22?/m1/s1. The quantitative estimate of drug-likeness (QED) is 0.425. The van der Waals surface area contributed by atoms with Crippen LogP contribution in [0.1, 0.15) is 44.1 Å². The number of hydrogen-bond acceptors (Lipinski definition) is 8. The lowest BCUT2D eigenvalue weighted by molar-refractivity contribution is -0.136. The number of carbonyl (C=O) groups excluding carboxylic acids is 1. The number of aliphatic hydroxyl groups is 1. The first-order valence-electron chi connectivity index (χ1n) is 14.6. The summed E-state index contributed by atoms with van der Waals surface area (Å²) < 4.78 is 35.4. The van der Waals surface area contributed by atoms with E-state index in [1.165, 1.54) is 0 Å². The van der Waals surface area contributed by atoms with E-state index in [1.807, 2.05) is 28.0 Å². The van der Waals surface area contributed by atoms with Crippen molar-refractivity contribution in [1.82, 2.24) is 24.4 Å². The second kappa shape index (κ2) is 12.2. The molecule has 1 unspecified atom stereocenters. The van der Waals surface area contributed by atoms with Crippen LogP contribution in [0.15, 0.2) is 30.3 Å². The van der Waals surface area contributed by atoms with Crippen molar-refractivity contribution in [2.75, 3.05) is 62.8 Å². The molecule has 2 N–H and O–H groups in total. The van der Waals surface area contributed by atoms with Gasteiger partial charge in [-0.1, -0.05) is 12.1 Å². The van der Waals surface area contributed by atoms with Gasteiger partial charge in [-0.15, -0.1) is 0 Å². The molecule has 0 spiro atoms. The average Bonchev–Trinajstić information content (AvgIpc) is 3.65. The summed E-state index contributed by atoms with van der Waals surface area (Å²) in [6.45, 7) is 3.17. The Labute approximate surface area is 237 Å². The van der Waals surface area contributed by atoms with Gasteiger partial charge in [0.1, 0.15) is 18.3 Å². The Morgan fingerprint density at radius 1 is 1.07 bits per heavy atom. The highest BCUT2D eigenvalue weighted by atomic mass is 19.2. The van der Waals surface area contributed by atoms with Gasteiger partial charge in [-0.2, -0.15) is 9.97 Å². The number of ether oxygens (including phenoxy) is 1. The van der Waals surface area contributed by atoms with Crippen molar-refractivity contribution >= 4 is 28.7 Å². The summed E-state index contributed by atoms with van der Waals surface area (Å²) in [6.07, 6.45) is 1.60. The van der Waals surface area contributed by atoms with Crippen LogP contribution in [-0.4, -0.2) is 94.1 Å². The molecule has 1 aromatic carbocycles. The fourth-order valence-corrected chi connectivity index (χ4v) is 6.13. The van der Waals surface area contributed by atoms with E-state index in [0.29, 0.717) is 80.9 Å². The molecule has 0 bridgehead atoms. The minimum atomic E-state index is -1.89. The van der Waals surface area contributed by atoms with Gasteiger partial charge in [-0.05, 0) is 50.2 Å². The summed E-state index contributed by atoms with van der Waals surface area (Å²) in [5, 5.41) is 13.2. The maximum atomic E-state index is 14.8. The van der Waals surface area contributed by atoms with Gasteiger partial charge in [0.25, 0.3) is 0 Å². The molecule has 3 aromatic rings. The first-order valence-corrected chi connectivity index (χ1v) is 14.6. The monoisotopic (exact) mass is 569 g/mol. The maximum absolute atomic E-state index is 14.8. The fraction of sp³-hybridized carbons (Fsp3) is 0.586. The van der Waals surface area contributed by atoms with E-state index >= 15 is 0 Å². The Bertz CT molecular complexity index is 1360. The van der Waals surface area contributed by atoms with E-state index in [2.05, 4.69) is 10.3 Å². The third kappa shape index (κ3) is 5.99. The number of rotatable bonds is 8. The highest BCUT2D eigenvalue weighted by molar-refractivity contribution is 5.79. The maximum Gasteiger partial charge on any atom is 0.229 e. The normalized spacial score (nSPS) is 24.1. The Kier molecular flexibility index (Phi) is 8.29. The minimum absolute atomic E-state index is 0.00784. The zero-order chi connectivity index (χ0) is 28.3. The van der Waals surface area contributed by atoms with Crippen molar-refractivity contribution in [3.63, 3.8) is 0 Å². The van der Waals surface area contributed by atoms with Crippen molar-refractivity contribution < 1.29 is 23.4 Å². The average molecular weight is 570 g/mol. The smallest absolute Gasteiger partial charge is 0.229 e. The largest absolute Gasteiger partial charge is 0.393 e. The number of hydrogen-bond donors (Lipinski definition) is 2. The number of aromatic nitrogens is 4. The summed E-state index contributed by atoms with van der Waals surface area (Å²) >= 11 is 0. The minimum Gasteiger partial charge on any atom is -0.393 e. The predicted octanol–water partition coefficient (Wildman–Crippen LogP) is 3.44. The zero-order valence-corrected chi connectivity index (χ0v) is 23.1. The van der Waals surface area contributed by atoms with Crippen molar-refractivity contribution in [3.05, 3.63) is 36.2 Å². The number of fused-ring (bicyclic) bond motifs is 1. The number of benzene rings is 1. The second-order valence-corrected chi connectivity index (χ2v) is 11.3. The van der Waals surface area contributed by atoms with E-state index in [1.54, 1.807) is 16.7 Å². The first-order chi connectivity index (χ1) is 20.0. The van der Waals surface area contributed by atoms with Crippen LogP contribution in [-0.2, 0) is 9.53 Å². The fourth-order valence-electron chi connectivity index (χ4n) is 6.13. The lowest BCUT2D eigenvalue weighted by atomic mass is 9.86. The van der Waals surface area contributed by atoms with Crippen LogP contribution in [0.2, 0.25) is 0 Å². The number of nitrogens with zero attached hydrogens (tertiary/aromatic N) is 6. The van der Waals surface area contributed by atoms with Crippen molar-refractivity contribution in [1.29, 1.82) is 0 Å². The lowest BCUT2D eigenvalue weighted by Crippen LogP contribution is -2.37. The van der Waals surface area contributed by atoms with Crippen LogP contribution in [0.5, 0.6) is 0 Å².